The van der Waals surface area contributed by atoms with E-state index >= 15 is 0 Å². The minimum Gasteiger partial charge on any atom is -0.493 e. The Labute approximate surface area is 173 Å². The number of benzene rings is 2. The summed E-state index contributed by atoms with van der Waals surface area (Å²) in [5.41, 5.74) is 1.50. The molecule has 2 aromatic carbocycles. The Bertz CT molecular complexity index is 898. The monoisotopic (exact) mass is 423 g/mol. The number of halogens is 2. The molecule has 148 valence electrons. The number of amides is 1. The molecule has 9 heteroatoms. The predicted molar refractivity (Wildman–Crippen MR) is 108 cm³/mol. The fourth-order valence-electron chi connectivity index (χ4n) is 2.45. The summed E-state index contributed by atoms with van der Waals surface area (Å²) in [4.78, 5) is 24.8. The van der Waals surface area contributed by atoms with E-state index in [9.17, 15) is 9.59 Å². The third-order valence-electron chi connectivity index (χ3n) is 3.72. The third-order valence-corrected chi connectivity index (χ3v) is 4.29. The lowest BCUT2D eigenvalue weighted by Crippen LogP contribution is -2.36. The van der Waals surface area contributed by atoms with E-state index in [0.717, 1.165) is 9.98 Å². The molecule has 0 fully saturated rings. The van der Waals surface area contributed by atoms with Gasteiger partial charge in [0.05, 0.1) is 19.9 Å². The number of ketones is 1. The van der Waals surface area contributed by atoms with Crippen LogP contribution in [0.4, 0.5) is 11.4 Å². The molecule has 2 rings (SSSR count). The summed E-state index contributed by atoms with van der Waals surface area (Å²) in [7, 11) is 2.88. The highest BCUT2D eigenvalue weighted by atomic mass is 35.5. The quantitative estimate of drug-likeness (QED) is 0.360. The number of aryl methyl sites for hydroxylation is 1. The van der Waals surface area contributed by atoms with E-state index in [1.807, 2.05) is 6.92 Å². The van der Waals surface area contributed by atoms with Crippen molar-refractivity contribution in [3.05, 3.63) is 47.0 Å². The van der Waals surface area contributed by atoms with Crippen molar-refractivity contribution in [3.63, 3.8) is 0 Å². The van der Waals surface area contributed by atoms with Crippen molar-refractivity contribution < 1.29 is 19.1 Å². The highest BCUT2D eigenvalue weighted by molar-refractivity contribution is 6.39. The maximum atomic E-state index is 12.8. The Morgan fingerprint density at radius 1 is 1.14 bits per heavy atom. The van der Waals surface area contributed by atoms with Gasteiger partial charge in [0.1, 0.15) is 5.69 Å². The molecule has 0 radical (unpaired) electrons. The number of Topliss-reactive ketones (excluding diaryl/α,β-unsaturated/α-hetero) is 1. The molecule has 0 heterocycles. The summed E-state index contributed by atoms with van der Waals surface area (Å²) in [6.07, 6.45) is 0. The number of hydrogen-bond donors (Lipinski definition) is 0. The van der Waals surface area contributed by atoms with Gasteiger partial charge in [-0.15, -0.1) is 0 Å². The Balaban J connectivity index is 2.35. The van der Waals surface area contributed by atoms with Crippen molar-refractivity contribution in [1.82, 2.24) is 0 Å². The van der Waals surface area contributed by atoms with Gasteiger partial charge >= 0.3 is 0 Å². The molecule has 0 saturated carbocycles. The number of hydrogen-bond acceptors (Lipinski definition) is 6. The fraction of sp³-hybridized carbons (Fsp3) is 0.263. The fourth-order valence-corrected chi connectivity index (χ4v) is 2.96. The molecule has 7 nitrogen and oxygen atoms in total. The first-order valence-corrected chi connectivity index (χ1v) is 8.89. The molecular formula is C19H19Cl2N3O4. The van der Waals surface area contributed by atoms with Gasteiger partial charge < -0.3 is 9.47 Å². The van der Waals surface area contributed by atoms with Crippen molar-refractivity contribution in [3.8, 4) is 11.5 Å². The average Bonchev–Trinajstić information content (AvgIpc) is 2.65. The Hall–Kier alpha value is -2.64. The second kappa shape index (κ2) is 9.52. The van der Waals surface area contributed by atoms with E-state index in [1.165, 1.54) is 21.1 Å². The summed E-state index contributed by atoms with van der Waals surface area (Å²) in [5, 5.41) is 8.34. The van der Waals surface area contributed by atoms with Gasteiger partial charge in [-0.2, -0.15) is 10.2 Å². The number of carbonyl (C=O) groups excluding carboxylic acids is 2. The lowest BCUT2D eigenvalue weighted by atomic mass is 10.2. The molecular weight excluding hydrogens is 405 g/mol. The highest BCUT2D eigenvalue weighted by Gasteiger charge is 2.31. The summed E-state index contributed by atoms with van der Waals surface area (Å²) in [6.45, 7) is 3.08. The molecule has 0 bridgehead atoms. The Morgan fingerprint density at radius 2 is 1.86 bits per heavy atom. The third kappa shape index (κ3) is 4.99. The number of rotatable bonds is 7. The van der Waals surface area contributed by atoms with Crippen molar-refractivity contribution >= 4 is 46.4 Å². The minimum atomic E-state index is -1.42. The van der Waals surface area contributed by atoms with Gasteiger partial charge in [0.2, 0.25) is 6.04 Å². The average molecular weight is 424 g/mol. The lowest BCUT2D eigenvalue weighted by Gasteiger charge is -2.20. The van der Waals surface area contributed by atoms with Crippen LogP contribution in [0.1, 0.15) is 12.5 Å². The summed E-state index contributed by atoms with van der Waals surface area (Å²) in [6, 6.07) is 8.47. The van der Waals surface area contributed by atoms with Crippen LogP contribution < -0.4 is 13.9 Å². The lowest BCUT2D eigenvalue weighted by molar-refractivity contribution is -0.126. The molecule has 1 unspecified atom stereocenters. The molecule has 0 spiro atoms. The molecule has 0 N–H and O–H groups in total. The molecule has 0 aliphatic rings. The zero-order chi connectivity index (χ0) is 20.8. The highest BCUT2D eigenvalue weighted by Crippen LogP contribution is 2.38. The molecule has 1 amide bonds. The predicted octanol–water partition coefficient (Wildman–Crippen LogP) is 4.89. The normalized spacial score (nSPS) is 11.9. The van der Waals surface area contributed by atoms with Gasteiger partial charge in [-0.3, -0.25) is 9.59 Å². The Kier molecular flexibility index (Phi) is 7.37. The largest absolute Gasteiger partial charge is 0.493 e. The first-order valence-electron chi connectivity index (χ1n) is 8.17. The SMILES string of the molecule is COc1cccc(N(Cl)C(=O)C(N=Nc2cc(C)cc(Cl)c2)C(C)=O)c1OC. The zero-order valence-corrected chi connectivity index (χ0v) is 17.3. The number of para-hydroxylation sites is 1. The molecule has 0 saturated heterocycles. The molecule has 1 atom stereocenters. The number of azo groups is 1. The minimum absolute atomic E-state index is 0.216. The van der Waals surface area contributed by atoms with Crippen molar-refractivity contribution in [1.29, 1.82) is 0 Å². The standard InChI is InChI=1S/C19H19Cl2N3O4/c1-11-8-13(20)10-14(9-11)22-23-17(12(2)25)19(26)24(21)15-6-5-7-16(27-3)18(15)28-4/h5-10,17H,1-4H3. The van der Waals surface area contributed by atoms with Crippen molar-refractivity contribution in [2.24, 2.45) is 10.2 Å². The van der Waals surface area contributed by atoms with Crippen molar-refractivity contribution in [2.45, 2.75) is 19.9 Å². The van der Waals surface area contributed by atoms with E-state index in [1.54, 1.807) is 36.4 Å². The van der Waals surface area contributed by atoms with Crippen LogP contribution in [0.3, 0.4) is 0 Å². The molecule has 28 heavy (non-hydrogen) atoms. The zero-order valence-electron chi connectivity index (χ0n) is 15.8. The van der Waals surface area contributed by atoms with E-state index in [2.05, 4.69) is 10.2 Å². The first-order chi connectivity index (χ1) is 13.3. The number of methoxy groups -OCH3 is 2. The second-order valence-corrected chi connectivity index (χ2v) is 6.62. The van der Waals surface area contributed by atoms with Crippen LogP contribution in [0.5, 0.6) is 11.5 Å². The Morgan fingerprint density at radius 3 is 2.43 bits per heavy atom. The smallest absolute Gasteiger partial charge is 0.276 e. The van der Waals surface area contributed by atoms with E-state index in [0.29, 0.717) is 16.5 Å². The number of anilines is 1. The van der Waals surface area contributed by atoms with Gasteiger partial charge in [-0.05, 0) is 49.7 Å². The summed E-state index contributed by atoms with van der Waals surface area (Å²) >= 11 is 12.2. The first kappa shape index (κ1) is 21.7. The topological polar surface area (TPSA) is 80.6 Å². The molecule has 2 aromatic rings. The van der Waals surface area contributed by atoms with Crippen LogP contribution in [0, 0.1) is 6.92 Å². The number of ether oxygens (including phenoxy) is 2. The van der Waals surface area contributed by atoms with Gasteiger partial charge in [-0.1, -0.05) is 17.7 Å². The van der Waals surface area contributed by atoms with Gasteiger partial charge in [-0.25, -0.2) is 4.42 Å². The van der Waals surface area contributed by atoms with Crippen LogP contribution in [0.15, 0.2) is 46.6 Å². The van der Waals surface area contributed by atoms with Crippen LogP contribution >= 0.6 is 23.4 Å². The second-order valence-electron chi connectivity index (χ2n) is 5.85. The van der Waals surface area contributed by atoms with Crippen LogP contribution in [0.2, 0.25) is 5.02 Å². The van der Waals surface area contributed by atoms with Crippen LogP contribution in [-0.2, 0) is 9.59 Å². The molecule has 0 aromatic heterocycles. The number of nitrogens with zero attached hydrogens (tertiary/aromatic N) is 3. The summed E-state index contributed by atoms with van der Waals surface area (Å²) in [5.74, 6) is -0.657. The summed E-state index contributed by atoms with van der Waals surface area (Å²) < 4.78 is 11.3. The van der Waals surface area contributed by atoms with Crippen LogP contribution in [0.25, 0.3) is 0 Å². The van der Waals surface area contributed by atoms with Gasteiger partial charge in [0.25, 0.3) is 5.91 Å². The van der Waals surface area contributed by atoms with E-state index in [-0.39, 0.29) is 11.4 Å². The molecule has 0 aliphatic heterocycles. The van der Waals surface area contributed by atoms with Crippen LogP contribution in [-0.4, -0.2) is 32.0 Å². The maximum absolute atomic E-state index is 12.8. The number of carbonyl (C=O) groups is 2. The molecule has 0 aliphatic carbocycles. The van der Waals surface area contributed by atoms with Gasteiger partial charge in [0.15, 0.2) is 17.3 Å². The van der Waals surface area contributed by atoms with Gasteiger partial charge in [0, 0.05) is 16.8 Å². The van der Waals surface area contributed by atoms with E-state index < -0.39 is 17.7 Å². The van der Waals surface area contributed by atoms with Crippen molar-refractivity contribution in [2.75, 3.05) is 18.6 Å². The van der Waals surface area contributed by atoms with E-state index in [4.69, 9.17) is 32.9 Å². The maximum Gasteiger partial charge on any atom is 0.276 e.